The van der Waals surface area contributed by atoms with Gasteiger partial charge in [0.15, 0.2) is 0 Å². The normalized spacial score (nSPS) is 12.3. The maximum atomic E-state index is 10.8. The van der Waals surface area contributed by atoms with E-state index in [2.05, 4.69) is 29.2 Å². The first kappa shape index (κ1) is 13.5. The van der Waals surface area contributed by atoms with E-state index in [-0.39, 0.29) is 5.92 Å². The Bertz CT molecular complexity index is 628. The molecule has 0 aliphatic rings. The van der Waals surface area contributed by atoms with Crippen molar-refractivity contribution in [2.24, 2.45) is 0 Å². The van der Waals surface area contributed by atoms with Crippen LogP contribution in [0.5, 0.6) is 0 Å². The number of aliphatic hydroxyl groups is 1. The highest BCUT2D eigenvalue weighted by Gasteiger charge is 2.24. The zero-order valence-electron chi connectivity index (χ0n) is 11.6. The van der Waals surface area contributed by atoms with E-state index in [0.717, 1.165) is 16.7 Å². The predicted molar refractivity (Wildman–Crippen MR) is 83.9 cm³/mol. The molecule has 0 spiro atoms. The third-order valence-electron chi connectivity index (χ3n) is 3.66. The van der Waals surface area contributed by atoms with Gasteiger partial charge in [-0.25, -0.2) is 0 Å². The highest BCUT2D eigenvalue weighted by Crippen LogP contribution is 2.36. The molecule has 2 aromatic carbocycles. The second-order valence-corrected chi connectivity index (χ2v) is 5.03. The van der Waals surface area contributed by atoms with Crippen molar-refractivity contribution in [2.75, 3.05) is 0 Å². The van der Waals surface area contributed by atoms with Crippen LogP contribution in [-0.2, 0) is 0 Å². The van der Waals surface area contributed by atoms with Crippen LogP contribution in [0.25, 0.3) is 0 Å². The Morgan fingerprint density at radius 2 is 1.19 bits per heavy atom. The minimum atomic E-state index is -0.622. The first-order chi connectivity index (χ1) is 10.4. The third kappa shape index (κ3) is 3.01. The van der Waals surface area contributed by atoms with Crippen molar-refractivity contribution in [2.45, 2.75) is 12.0 Å². The Morgan fingerprint density at radius 1 is 0.667 bits per heavy atom. The second kappa shape index (κ2) is 6.33. The quantitative estimate of drug-likeness (QED) is 0.782. The fourth-order valence-corrected chi connectivity index (χ4v) is 2.62. The van der Waals surface area contributed by atoms with Gasteiger partial charge >= 0.3 is 0 Å². The summed E-state index contributed by atoms with van der Waals surface area (Å²) in [5, 5.41) is 10.8. The summed E-state index contributed by atoms with van der Waals surface area (Å²) >= 11 is 0. The summed E-state index contributed by atoms with van der Waals surface area (Å²) in [4.78, 5) is 4.12. The van der Waals surface area contributed by atoms with Gasteiger partial charge < -0.3 is 5.11 Å². The lowest BCUT2D eigenvalue weighted by Crippen LogP contribution is -2.12. The maximum absolute atomic E-state index is 10.8. The fraction of sp³-hybridized carbons (Fsp3) is 0.105. The lowest BCUT2D eigenvalue weighted by atomic mass is 9.84. The molecule has 1 heterocycles. The van der Waals surface area contributed by atoms with Crippen LogP contribution in [-0.4, -0.2) is 10.1 Å². The summed E-state index contributed by atoms with van der Waals surface area (Å²) in [6.45, 7) is 0. The largest absolute Gasteiger partial charge is 0.387 e. The van der Waals surface area contributed by atoms with Crippen molar-refractivity contribution in [3.05, 3.63) is 102 Å². The molecular weight excluding hydrogens is 258 g/mol. The molecule has 0 unspecified atom stereocenters. The standard InChI is InChI=1S/C19H17NO/c21-19(17-12-7-13-20-14-17)18(15-8-3-1-4-9-15)16-10-5-2-6-11-16/h1-14,18-19,21H/t19-/m1/s1. The molecule has 2 heteroatoms. The van der Waals surface area contributed by atoms with Gasteiger partial charge in [-0.05, 0) is 22.8 Å². The van der Waals surface area contributed by atoms with Crippen molar-refractivity contribution < 1.29 is 5.11 Å². The highest BCUT2D eigenvalue weighted by atomic mass is 16.3. The fourth-order valence-electron chi connectivity index (χ4n) is 2.62. The number of aromatic nitrogens is 1. The zero-order chi connectivity index (χ0) is 14.5. The van der Waals surface area contributed by atoms with Gasteiger partial charge in [0.2, 0.25) is 0 Å². The Kier molecular flexibility index (Phi) is 4.08. The number of hydrogen-bond donors (Lipinski definition) is 1. The highest BCUT2D eigenvalue weighted by molar-refractivity contribution is 5.36. The predicted octanol–water partition coefficient (Wildman–Crippen LogP) is 3.95. The molecule has 0 aliphatic carbocycles. The lowest BCUT2D eigenvalue weighted by Gasteiger charge is -2.24. The Morgan fingerprint density at radius 3 is 1.67 bits per heavy atom. The van der Waals surface area contributed by atoms with Crippen LogP contribution in [0.2, 0.25) is 0 Å². The summed E-state index contributed by atoms with van der Waals surface area (Å²) in [6.07, 6.45) is 2.82. The zero-order valence-corrected chi connectivity index (χ0v) is 11.6. The molecule has 21 heavy (non-hydrogen) atoms. The van der Waals surface area contributed by atoms with Crippen LogP contribution in [0, 0.1) is 0 Å². The molecule has 0 radical (unpaired) electrons. The Labute approximate surface area is 124 Å². The van der Waals surface area contributed by atoms with E-state index in [0.29, 0.717) is 0 Å². The monoisotopic (exact) mass is 275 g/mol. The molecule has 1 N–H and O–H groups in total. The van der Waals surface area contributed by atoms with Gasteiger partial charge in [0.25, 0.3) is 0 Å². The molecule has 104 valence electrons. The second-order valence-electron chi connectivity index (χ2n) is 5.03. The van der Waals surface area contributed by atoms with E-state index in [1.165, 1.54) is 0 Å². The topological polar surface area (TPSA) is 33.1 Å². The Hall–Kier alpha value is -2.45. The van der Waals surface area contributed by atoms with Crippen LogP contribution in [0.3, 0.4) is 0 Å². The van der Waals surface area contributed by atoms with Crippen molar-refractivity contribution in [1.82, 2.24) is 4.98 Å². The number of hydrogen-bond acceptors (Lipinski definition) is 2. The third-order valence-corrected chi connectivity index (χ3v) is 3.66. The lowest BCUT2D eigenvalue weighted by molar-refractivity contribution is 0.158. The van der Waals surface area contributed by atoms with Crippen LogP contribution in [0.1, 0.15) is 28.7 Å². The number of benzene rings is 2. The van der Waals surface area contributed by atoms with E-state index in [9.17, 15) is 5.11 Å². The molecule has 0 saturated heterocycles. The summed E-state index contributed by atoms with van der Waals surface area (Å²) in [5.41, 5.74) is 3.02. The first-order valence-corrected chi connectivity index (χ1v) is 7.04. The molecule has 1 atom stereocenters. The molecule has 3 rings (SSSR count). The Balaban J connectivity index is 2.05. The summed E-state index contributed by atoms with van der Waals surface area (Å²) in [5.74, 6) is -0.100. The molecule has 0 fully saturated rings. The number of nitrogens with zero attached hydrogens (tertiary/aromatic N) is 1. The van der Waals surface area contributed by atoms with E-state index < -0.39 is 6.10 Å². The maximum Gasteiger partial charge on any atom is 0.0913 e. The smallest absolute Gasteiger partial charge is 0.0913 e. The minimum Gasteiger partial charge on any atom is -0.387 e. The number of aliphatic hydroxyl groups excluding tert-OH is 1. The van der Waals surface area contributed by atoms with Gasteiger partial charge in [-0.2, -0.15) is 0 Å². The van der Waals surface area contributed by atoms with E-state index in [1.807, 2.05) is 48.5 Å². The van der Waals surface area contributed by atoms with Gasteiger partial charge in [-0.3, -0.25) is 4.98 Å². The van der Waals surface area contributed by atoms with Gasteiger partial charge in [-0.15, -0.1) is 0 Å². The molecule has 0 saturated carbocycles. The van der Waals surface area contributed by atoms with Crippen LogP contribution in [0.4, 0.5) is 0 Å². The van der Waals surface area contributed by atoms with Gasteiger partial charge in [-0.1, -0.05) is 66.7 Å². The van der Waals surface area contributed by atoms with Crippen LogP contribution >= 0.6 is 0 Å². The van der Waals surface area contributed by atoms with Crippen molar-refractivity contribution >= 4 is 0 Å². The van der Waals surface area contributed by atoms with E-state index in [4.69, 9.17) is 0 Å². The average Bonchev–Trinajstić information content (AvgIpc) is 2.58. The molecule has 2 nitrogen and oxygen atoms in total. The SMILES string of the molecule is O[C@H](c1cccnc1)C(c1ccccc1)c1ccccc1. The molecule has 3 aromatic rings. The molecular formula is C19H17NO. The number of pyridine rings is 1. The summed E-state index contributed by atoms with van der Waals surface area (Å²) in [6, 6.07) is 24.0. The van der Waals surface area contributed by atoms with E-state index >= 15 is 0 Å². The first-order valence-electron chi connectivity index (χ1n) is 7.04. The summed E-state index contributed by atoms with van der Waals surface area (Å²) in [7, 11) is 0. The van der Waals surface area contributed by atoms with Crippen LogP contribution in [0.15, 0.2) is 85.2 Å². The average molecular weight is 275 g/mol. The van der Waals surface area contributed by atoms with Crippen molar-refractivity contribution in [3.8, 4) is 0 Å². The summed E-state index contributed by atoms with van der Waals surface area (Å²) < 4.78 is 0. The molecule has 1 aromatic heterocycles. The van der Waals surface area contributed by atoms with Crippen molar-refractivity contribution in [1.29, 1.82) is 0 Å². The minimum absolute atomic E-state index is 0.100. The molecule has 0 bridgehead atoms. The van der Waals surface area contributed by atoms with Gasteiger partial charge in [0.1, 0.15) is 0 Å². The number of rotatable bonds is 4. The van der Waals surface area contributed by atoms with Gasteiger partial charge in [0, 0.05) is 18.3 Å². The molecule has 0 amide bonds. The molecule has 0 aliphatic heterocycles. The van der Waals surface area contributed by atoms with E-state index in [1.54, 1.807) is 12.4 Å². The van der Waals surface area contributed by atoms with Crippen molar-refractivity contribution in [3.63, 3.8) is 0 Å². The van der Waals surface area contributed by atoms with Gasteiger partial charge in [0.05, 0.1) is 6.10 Å². The van der Waals surface area contributed by atoms with Crippen LogP contribution < -0.4 is 0 Å².